The van der Waals surface area contributed by atoms with E-state index >= 15 is 0 Å². The molecule has 2 atom stereocenters. The van der Waals surface area contributed by atoms with E-state index < -0.39 is 0 Å². The van der Waals surface area contributed by atoms with E-state index in [1.807, 2.05) is 0 Å². The monoisotopic (exact) mass is 283 g/mol. The second-order valence-electron chi connectivity index (χ2n) is 5.20. The number of anilines is 1. The van der Waals surface area contributed by atoms with Crippen LogP contribution in [0, 0.1) is 0 Å². The summed E-state index contributed by atoms with van der Waals surface area (Å²) in [6.07, 6.45) is 4.48. The van der Waals surface area contributed by atoms with Crippen molar-refractivity contribution in [1.82, 2.24) is 10.2 Å². The normalized spacial score (nSPS) is 26.8. The highest BCUT2D eigenvalue weighted by Gasteiger charge is 2.26. The maximum absolute atomic E-state index is 10.0. The number of nitrogens with one attached hydrogen (secondary N) is 1. The lowest BCUT2D eigenvalue weighted by Gasteiger charge is -2.30. The predicted molar refractivity (Wildman–Crippen MR) is 72.3 cm³/mol. The van der Waals surface area contributed by atoms with E-state index in [-0.39, 0.29) is 12.1 Å². The number of fused-ring (bicyclic) bond motifs is 1. The Morgan fingerprint density at radius 3 is 2.89 bits per heavy atom. The van der Waals surface area contributed by atoms with Gasteiger partial charge in [0.25, 0.3) is 0 Å². The lowest BCUT2D eigenvalue weighted by Crippen LogP contribution is -2.37. The molecular weight excluding hydrogens is 266 g/mol. The van der Waals surface area contributed by atoms with Gasteiger partial charge in [0.15, 0.2) is 11.0 Å². The van der Waals surface area contributed by atoms with E-state index in [2.05, 4.69) is 15.5 Å². The van der Waals surface area contributed by atoms with E-state index in [9.17, 15) is 5.11 Å². The van der Waals surface area contributed by atoms with Crippen LogP contribution in [-0.4, -0.2) is 34.1 Å². The molecule has 2 N–H and O–H groups in total. The van der Waals surface area contributed by atoms with Crippen LogP contribution in [0.25, 0.3) is 0 Å². The van der Waals surface area contributed by atoms with Crippen molar-refractivity contribution in [3.63, 3.8) is 0 Å². The maximum atomic E-state index is 10.0. The molecule has 1 aliphatic carbocycles. The van der Waals surface area contributed by atoms with Crippen molar-refractivity contribution in [3.05, 3.63) is 16.3 Å². The quantitative estimate of drug-likeness (QED) is 0.868. The summed E-state index contributed by atoms with van der Waals surface area (Å²) in [5.41, 5.74) is 2.01. The van der Waals surface area contributed by atoms with Gasteiger partial charge in [0.1, 0.15) is 0 Å². The summed E-state index contributed by atoms with van der Waals surface area (Å²) in [5, 5.41) is 21.9. The Hall–Kier alpha value is -0.910. The molecule has 1 aromatic heterocycles. The van der Waals surface area contributed by atoms with Crippen molar-refractivity contribution in [2.75, 3.05) is 11.9 Å². The molecule has 0 bridgehead atoms. The molecular formula is C13H18ClN3O2. The number of aliphatic hydroxyl groups is 1. The molecule has 3 rings (SSSR count). The van der Waals surface area contributed by atoms with E-state index in [0.717, 1.165) is 43.2 Å². The number of ether oxygens (including phenoxy) is 1. The standard InChI is InChI=1S/C13H18ClN3O2/c14-12-8-5-6-19-7-9(8)13(17-16-12)15-10-3-1-2-4-11(10)18/h10-11,18H,1-7H2,(H,15,17)/t10-,11+/m1/s1. The zero-order valence-corrected chi connectivity index (χ0v) is 11.5. The third-order valence-electron chi connectivity index (χ3n) is 3.93. The fourth-order valence-corrected chi connectivity index (χ4v) is 3.06. The fraction of sp³-hybridized carbons (Fsp3) is 0.692. The van der Waals surface area contributed by atoms with Gasteiger partial charge in [-0.2, -0.15) is 0 Å². The minimum Gasteiger partial charge on any atom is -0.391 e. The highest BCUT2D eigenvalue weighted by Crippen LogP contribution is 2.29. The van der Waals surface area contributed by atoms with Gasteiger partial charge in [0.2, 0.25) is 0 Å². The number of hydrogen-bond donors (Lipinski definition) is 2. The molecule has 104 valence electrons. The number of hydrogen-bond acceptors (Lipinski definition) is 5. The number of rotatable bonds is 2. The molecule has 0 amide bonds. The molecule has 5 nitrogen and oxygen atoms in total. The van der Waals surface area contributed by atoms with Crippen LogP contribution < -0.4 is 5.32 Å². The Balaban J connectivity index is 1.84. The summed E-state index contributed by atoms with van der Waals surface area (Å²) in [7, 11) is 0. The third-order valence-corrected chi connectivity index (χ3v) is 4.24. The van der Waals surface area contributed by atoms with Crippen molar-refractivity contribution in [2.24, 2.45) is 0 Å². The number of aliphatic hydroxyl groups excluding tert-OH is 1. The number of aromatic nitrogens is 2. The molecule has 0 aromatic carbocycles. The maximum Gasteiger partial charge on any atom is 0.155 e. The first-order chi connectivity index (χ1) is 9.25. The fourth-order valence-electron chi connectivity index (χ4n) is 2.81. The average molecular weight is 284 g/mol. The molecule has 0 spiro atoms. The van der Waals surface area contributed by atoms with Gasteiger partial charge in [-0.1, -0.05) is 24.4 Å². The van der Waals surface area contributed by atoms with Crippen LogP contribution in [0.15, 0.2) is 0 Å². The molecule has 0 saturated heterocycles. The van der Waals surface area contributed by atoms with Gasteiger partial charge >= 0.3 is 0 Å². The van der Waals surface area contributed by atoms with Crippen LogP contribution in [-0.2, 0) is 17.8 Å². The van der Waals surface area contributed by atoms with Crippen LogP contribution in [0.4, 0.5) is 5.82 Å². The van der Waals surface area contributed by atoms with Crippen molar-refractivity contribution < 1.29 is 9.84 Å². The SMILES string of the molecule is O[C@H]1CCCC[C@H]1Nc1nnc(Cl)c2c1COCC2. The zero-order chi connectivity index (χ0) is 13.2. The highest BCUT2D eigenvalue weighted by atomic mass is 35.5. The first-order valence-corrected chi connectivity index (χ1v) is 7.20. The van der Waals surface area contributed by atoms with E-state index in [1.165, 1.54) is 0 Å². The Kier molecular flexibility index (Phi) is 3.86. The smallest absolute Gasteiger partial charge is 0.155 e. The number of halogens is 1. The summed E-state index contributed by atoms with van der Waals surface area (Å²) >= 11 is 6.08. The number of nitrogens with zero attached hydrogens (tertiary/aromatic N) is 2. The van der Waals surface area contributed by atoms with Gasteiger partial charge in [-0.25, -0.2) is 0 Å². The second kappa shape index (κ2) is 5.61. The van der Waals surface area contributed by atoms with Crippen molar-refractivity contribution in [1.29, 1.82) is 0 Å². The summed E-state index contributed by atoms with van der Waals surface area (Å²) in [5.74, 6) is 0.713. The highest BCUT2D eigenvalue weighted by molar-refractivity contribution is 6.30. The molecule has 1 fully saturated rings. The second-order valence-corrected chi connectivity index (χ2v) is 5.56. The lowest BCUT2D eigenvalue weighted by molar-refractivity contribution is 0.108. The van der Waals surface area contributed by atoms with Crippen molar-refractivity contribution in [2.45, 2.75) is 50.9 Å². The first-order valence-electron chi connectivity index (χ1n) is 6.82. The molecule has 2 heterocycles. The predicted octanol–water partition coefficient (Wildman–Crippen LogP) is 1.92. The Bertz CT molecular complexity index is 469. The molecule has 6 heteroatoms. The van der Waals surface area contributed by atoms with Crippen LogP contribution in [0.1, 0.15) is 36.8 Å². The minimum absolute atomic E-state index is 0.0512. The van der Waals surface area contributed by atoms with Gasteiger partial charge in [-0.3, -0.25) is 0 Å². The Morgan fingerprint density at radius 1 is 1.21 bits per heavy atom. The van der Waals surface area contributed by atoms with E-state index in [1.54, 1.807) is 0 Å². The van der Waals surface area contributed by atoms with E-state index in [4.69, 9.17) is 16.3 Å². The van der Waals surface area contributed by atoms with Gasteiger partial charge in [-0.15, -0.1) is 10.2 Å². The molecule has 1 aliphatic heterocycles. The van der Waals surface area contributed by atoms with Gasteiger partial charge in [-0.05, 0) is 19.3 Å². The van der Waals surface area contributed by atoms with Gasteiger partial charge < -0.3 is 15.2 Å². The summed E-state index contributed by atoms with van der Waals surface area (Å²) in [6.45, 7) is 1.18. The average Bonchev–Trinajstić information content (AvgIpc) is 2.44. The topological polar surface area (TPSA) is 67.3 Å². The zero-order valence-electron chi connectivity index (χ0n) is 10.7. The minimum atomic E-state index is -0.314. The summed E-state index contributed by atoms with van der Waals surface area (Å²) < 4.78 is 5.48. The van der Waals surface area contributed by atoms with Crippen LogP contribution in [0.2, 0.25) is 5.15 Å². The van der Waals surface area contributed by atoms with Crippen LogP contribution in [0.5, 0.6) is 0 Å². The van der Waals surface area contributed by atoms with Gasteiger partial charge in [0.05, 0.1) is 25.4 Å². The molecule has 19 heavy (non-hydrogen) atoms. The summed E-state index contributed by atoms with van der Waals surface area (Å²) in [4.78, 5) is 0. The molecule has 0 radical (unpaired) electrons. The van der Waals surface area contributed by atoms with Crippen molar-refractivity contribution in [3.8, 4) is 0 Å². The molecule has 2 aliphatic rings. The molecule has 1 aromatic rings. The van der Waals surface area contributed by atoms with E-state index in [0.29, 0.717) is 24.2 Å². The largest absolute Gasteiger partial charge is 0.391 e. The summed E-state index contributed by atoms with van der Waals surface area (Å²) in [6, 6.07) is 0.0512. The first kappa shape index (κ1) is 13.1. The van der Waals surface area contributed by atoms with Crippen LogP contribution >= 0.6 is 11.6 Å². The molecule has 1 saturated carbocycles. The lowest BCUT2D eigenvalue weighted by atomic mass is 9.92. The Labute approximate surface area is 117 Å². The third kappa shape index (κ3) is 2.68. The Morgan fingerprint density at radius 2 is 2.05 bits per heavy atom. The molecule has 0 unspecified atom stereocenters. The van der Waals surface area contributed by atoms with Crippen molar-refractivity contribution >= 4 is 17.4 Å². The van der Waals surface area contributed by atoms with Crippen LogP contribution in [0.3, 0.4) is 0 Å². The van der Waals surface area contributed by atoms with Gasteiger partial charge in [0, 0.05) is 11.1 Å².